The van der Waals surface area contributed by atoms with Crippen LogP contribution in [0.3, 0.4) is 0 Å². The molecule has 1 aromatic rings. The minimum Gasteiger partial charge on any atom is -0.312 e. The smallest absolute Gasteiger partial charge is 0.312 e. The molecule has 0 saturated heterocycles. The first-order chi connectivity index (χ1) is 8.26. The number of nitrogens with one attached hydrogen (secondary N) is 1. The van der Waals surface area contributed by atoms with Crippen LogP contribution < -0.4 is 11.0 Å². The van der Waals surface area contributed by atoms with Crippen molar-refractivity contribution in [2.45, 2.75) is 52.2 Å². The van der Waals surface area contributed by atoms with Crippen molar-refractivity contribution in [3.63, 3.8) is 0 Å². The number of nitrogens with zero attached hydrogens (tertiary/aromatic N) is 2. The predicted octanol–water partition coefficient (Wildman–Crippen LogP) is 1.45. The molecule has 2 rings (SSSR count). The van der Waals surface area contributed by atoms with Gasteiger partial charge in [0.2, 0.25) is 0 Å². The molecule has 4 heteroatoms. The lowest BCUT2D eigenvalue weighted by atomic mass is 10.2. The van der Waals surface area contributed by atoms with Gasteiger partial charge in [0.05, 0.1) is 0 Å². The third-order valence-corrected chi connectivity index (χ3v) is 3.50. The second kappa shape index (κ2) is 5.54. The van der Waals surface area contributed by atoms with Crippen LogP contribution in [0.1, 0.15) is 33.1 Å². The molecule has 17 heavy (non-hydrogen) atoms. The summed E-state index contributed by atoms with van der Waals surface area (Å²) in [5, 5.41) is 3.57. The van der Waals surface area contributed by atoms with Gasteiger partial charge < -0.3 is 5.32 Å². The van der Waals surface area contributed by atoms with Crippen molar-refractivity contribution in [2.24, 2.45) is 5.92 Å². The fourth-order valence-corrected chi connectivity index (χ4v) is 2.25. The Morgan fingerprint density at radius 2 is 2.06 bits per heavy atom. The van der Waals surface area contributed by atoms with Gasteiger partial charge in [0, 0.05) is 31.5 Å². The van der Waals surface area contributed by atoms with E-state index in [9.17, 15) is 4.79 Å². The Hall–Kier alpha value is -1.03. The van der Waals surface area contributed by atoms with Gasteiger partial charge in [-0.15, -0.1) is 0 Å². The summed E-state index contributed by atoms with van der Waals surface area (Å²) in [6.07, 6.45) is 7.56. The number of aromatic nitrogens is 2. The van der Waals surface area contributed by atoms with Crippen LogP contribution in [0.2, 0.25) is 0 Å². The topological polar surface area (TPSA) is 39.0 Å². The minimum absolute atomic E-state index is 0.122. The van der Waals surface area contributed by atoms with Gasteiger partial charge >= 0.3 is 5.69 Å². The van der Waals surface area contributed by atoms with Gasteiger partial charge in [-0.25, -0.2) is 4.79 Å². The van der Waals surface area contributed by atoms with E-state index in [2.05, 4.69) is 12.2 Å². The zero-order valence-electron chi connectivity index (χ0n) is 10.9. The molecule has 4 nitrogen and oxygen atoms in total. The normalized spacial score (nSPS) is 17.3. The second-order valence-electron chi connectivity index (χ2n) is 4.92. The monoisotopic (exact) mass is 237 g/mol. The highest BCUT2D eigenvalue weighted by Crippen LogP contribution is 2.33. The Morgan fingerprint density at radius 1 is 1.35 bits per heavy atom. The lowest BCUT2D eigenvalue weighted by Crippen LogP contribution is -2.38. The van der Waals surface area contributed by atoms with Crippen LogP contribution >= 0.6 is 0 Å². The molecular formula is C13H23N3O. The van der Waals surface area contributed by atoms with E-state index < -0.39 is 0 Å². The summed E-state index contributed by atoms with van der Waals surface area (Å²) in [5.41, 5.74) is 0.122. The van der Waals surface area contributed by atoms with Crippen LogP contribution in [-0.4, -0.2) is 21.7 Å². The number of aryl methyl sites for hydroxylation is 1. The fraction of sp³-hybridized carbons (Fsp3) is 0.769. The van der Waals surface area contributed by atoms with Gasteiger partial charge in [0.1, 0.15) is 0 Å². The van der Waals surface area contributed by atoms with Crippen LogP contribution in [-0.2, 0) is 13.1 Å². The highest BCUT2D eigenvalue weighted by molar-refractivity contribution is 4.89. The molecule has 1 saturated carbocycles. The second-order valence-corrected chi connectivity index (χ2v) is 4.92. The quantitative estimate of drug-likeness (QED) is 0.779. The molecule has 1 fully saturated rings. The zero-order valence-corrected chi connectivity index (χ0v) is 10.9. The van der Waals surface area contributed by atoms with Crippen molar-refractivity contribution in [2.75, 3.05) is 6.54 Å². The summed E-state index contributed by atoms with van der Waals surface area (Å²) in [6, 6.07) is 0.473. The number of imidazole rings is 1. The molecule has 0 aromatic carbocycles. The number of rotatable bonds is 7. The SMILES string of the molecule is CCCNC(Cn1ccn(CC)c1=O)C1CC1. The Balaban J connectivity index is 2.01. The summed E-state index contributed by atoms with van der Waals surface area (Å²) < 4.78 is 3.60. The van der Waals surface area contributed by atoms with Crippen LogP contribution in [0.4, 0.5) is 0 Å². The molecule has 1 N–H and O–H groups in total. The van der Waals surface area contributed by atoms with Crippen LogP contribution in [0.5, 0.6) is 0 Å². The average molecular weight is 237 g/mol. The van der Waals surface area contributed by atoms with Crippen molar-refractivity contribution in [1.29, 1.82) is 0 Å². The molecular weight excluding hydrogens is 214 g/mol. The molecule has 1 atom stereocenters. The molecule has 0 radical (unpaired) electrons. The maximum Gasteiger partial charge on any atom is 0.328 e. The average Bonchev–Trinajstić information content (AvgIpc) is 3.11. The van der Waals surface area contributed by atoms with E-state index in [0.29, 0.717) is 6.04 Å². The van der Waals surface area contributed by atoms with Crippen molar-refractivity contribution >= 4 is 0 Å². The van der Waals surface area contributed by atoms with Crippen LogP contribution in [0.15, 0.2) is 17.2 Å². The first-order valence-electron chi connectivity index (χ1n) is 6.75. The van der Waals surface area contributed by atoms with Gasteiger partial charge in [0.15, 0.2) is 0 Å². The minimum atomic E-state index is 0.122. The Kier molecular flexibility index (Phi) is 4.05. The summed E-state index contributed by atoms with van der Waals surface area (Å²) in [4.78, 5) is 12.0. The van der Waals surface area contributed by atoms with E-state index in [1.54, 1.807) is 4.57 Å². The Labute approximate surface area is 103 Å². The molecule has 1 unspecified atom stereocenters. The first-order valence-corrected chi connectivity index (χ1v) is 6.75. The van der Waals surface area contributed by atoms with Crippen LogP contribution in [0.25, 0.3) is 0 Å². The Bertz CT molecular complexity index is 403. The molecule has 0 bridgehead atoms. The highest BCUT2D eigenvalue weighted by atomic mass is 16.1. The summed E-state index contributed by atoms with van der Waals surface area (Å²) in [7, 11) is 0. The van der Waals surface area contributed by atoms with E-state index in [0.717, 1.165) is 32.0 Å². The molecule has 0 aliphatic heterocycles. The largest absolute Gasteiger partial charge is 0.328 e. The molecule has 0 spiro atoms. The summed E-state index contributed by atoms with van der Waals surface area (Å²) >= 11 is 0. The maximum absolute atomic E-state index is 12.0. The molecule has 1 heterocycles. The molecule has 1 aliphatic rings. The fourth-order valence-electron chi connectivity index (χ4n) is 2.25. The van der Waals surface area contributed by atoms with Crippen molar-refractivity contribution in [3.8, 4) is 0 Å². The molecule has 1 aromatic heterocycles. The Morgan fingerprint density at radius 3 is 2.59 bits per heavy atom. The van der Waals surface area contributed by atoms with E-state index in [1.807, 2.05) is 23.9 Å². The van der Waals surface area contributed by atoms with Gasteiger partial charge in [-0.1, -0.05) is 6.92 Å². The molecule has 0 amide bonds. The first kappa shape index (κ1) is 12.4. The van der Waals surface area contributed by atoms with Gasteiger partial charge in [-0.05, 0) is 38.6 Å². The number of hydrogen-bond acceptors (Lipinski definition) is 2. The summed E-state index contributed by atoms with van der Waals surface area (Å²) in [6.45, 7) is 6.79. The predicted molar refractivity (Wildman–Crippen MR) is 69.2 cm³/mol. The van der Waals surface area contributed by atoms with Crippen molar-refractivity contribution < 1.29 is 0 Å². The van der Waals surface area contributed by atoms with Gasteiger partial charge in [0.25, 0.3) is 0 Å². The van der Waals surface area contributed by atoms with Gasteiger partial charge in [-0.2, -0.15) is 0 Å². The van der Waals surface area contributed by atoms with Crippen LogP contribution in [0, 0.1) is 5.92 Å². The van der Waals surface area contributed by atoms with E-state index >= 15 is 0 Å². The molecule has 96 valence electrons. The molecule has 1 aliphatic carbocycles. The lowest BCUT2D eigenvalue weighted by molar-refractivity contribution is 0.400. The van der Waals surface area contributed by atoms with E-state index in [-0.39, 0.29) is 5.69 Å². The zero-order chi connectivity index (χ0) is 12.3. The van der Waals surface area contributed by atoms with E-state index in [4.69, 9.17) is 0 Å². The maximum atomic E-state index is 12.0. The third kappa shape index (κ3) is 3.00. The highest BCUT2D eigenvalue weighted by Gasteiger charge is 2.31. The lowest BCUT2D eigenvalue weighted by Gasteiger charge is -2.17. The number of hydrogen-bond donors (Lipinski definition) is 1. The summed E-state index contributed by atoms with van der Waals surface area (Å²) in [5.74, 6) is 0.776. The van der Waals surface area contributed by atoms with E-state index in [1.165, 1.54) is 12.8 Å². The van der Waals surface area contributed by atoms with Crippen molar-refractivity contribution in [1.82, 2.24) is 14.5 Å². The standard InChI is InChI=1S/C13H23N3O/c1-3-7-14-12(11-5-6-11)10-16-9-8-15(4-2)13(16)17/h8-9,11-12,14H,3-7,10H2,1-2H3. The third-order valence-electron chi connectivity index (χ3n) is 3.50. The van der Waals surface area contributed by atoms with Crippen molar-refractivity contribution in [3.05, 3.63) is 22.9 Å². The van der Waals surface area contributed by atoms with Gasteiger partial charge in [-0.3, -0.25) is 9.13 Å².